The van der Waals surface area contributed by atoms with E-state index in [0.717, 1.165) is 17.7 Å². The highest BCUT2D eigenvalue weighted by atomic mass is 32.2. The molecule has 0 unspecified atom stereocenters. The number of para-hydroxylation sites is 1. The third kappa shape index (κ3) is 4.14. The Morgan fingerprint density at radius 1 is 1.18 bits per heavy atom. The second kappa shape index (κ2) is 8.39. The number of ether oxygens (including phenoxy) is 1. The molecule has 1 amide bonds. The first-order chi connectivity index (χ1) is 13.4. The van der Waals surface area contributed by atoms with Gasteiger partial charge in [-0.1, -0.05) is 23.9 Å². The minimum Gasteiger partial charge on any atom is -0.496 e. The monoisotopic (exact) mass is 404 g/mol. The number of nitrogens with one attached hydrogen (secondary N) is 1. The van der Waals surface area contributed by atoms with Gasteiger partial charge >= 0.3 is 0 Å². The van der Waals surface area contributed by atoms with Gasteiger partial charge in [0.2, 0.25) is 5.91 Å². The van der Waals surface area contributed by atoms with E-state index in [2.05, 4.69) is 15.5 Å². The lowest BCUT2D eigenvalue weighted by Crippen LogP contribution is -2.23. The molecule has 0 saturated carbocycles. The van der Waals surface area contributed by atoms with Gasteiger partial charge in [0.15, 0.2) is 22.6 Å². The van der Waals surface area contributed by atoms with Gasteiger partial charge in [-0.15, -0.1) is 10.2 Å². The van der Waals surface area contributed by atoms with E-state index in [1.54, 1.807) is 25.6 Å². The van der Waals surface area contributed by atoms with Gasteiger partial charge in [-0.25, -0.2) is 8.78 Å². The molecule has 28 heavy (non-hydrogen) atoms. The van der Waals surface area contributed by atoms with Gasteiger partial charge in [0, 0.05) is 18.8 Å². The Balaban J connectivity index is 1.74. The first-order valence-corrected chi connectivity index (χ1v) is 9.24. The molecule has 2 aromatic carbocycles. The van der Waals surface area contributed by atoms with Crippen LogP contribution in [0.25, 0.3) is 11.4 Å². The minimum absolute atomic E-state index is 0.184. The molecule has 0 fully saturated rings. The fraction of sp³-hybridized carbons (Fsp3) is 0.211. The van der Waals surface area contributed by atoms with Crippen molar-refractivity contribution < 1.29 is 18.3 Å². The number of nitrogens with zero attached hydrogens (tertiary/aromatic N) is 3. The molecule has 0 saturated heterocycles. The van der Waals surface area contributed by atoms with E-state index in [4.69, 9.17) is 4.74 Å². The number of rotatable bonds is 6. The number of carbonyl (C=O) groups is 1. The number of aromatic nitrogens is 3. The van der Waals surface area contributed by atoms with Gasteiger partial charge in [0.05, 0.1) is 17.9 Å². The number of hydrogen-bond acceptors (Lipinski definition) is 5. The van der Waals surface area contributed by atoms with Crippen molar-refractivity contribution in [1.29, 1.82) is 0 Å². The summed E-state index contributed by atoms with van der Waals surface area (Å²) < 4.78 is 33.4. The summed E-state index contributed by atoms with van der Waals surface area (Å²) in [7, 11) is 3.37. The Bertz CT molecular complexity index is 1010. The Labute approximate surface area is 164 Å². The van der Waals surface area contributed by atoms with Gasteiger partial charge in [-0.3, -0.25) is 4.79 Å². The maximum absolute atomic E-state index is 13.3. The smallest absolute Gasteiger partial charge is 0.237 e. The van der Waals surface area contributed by atoms with Crippen LogP contribution in [0.5, 0.6) is 5.75 Å². The van der Waals surface area contributed by atoms with Crippen LogP contribution in [-0.4, -0.2) is 33.0 Å². The van der Waals surface area contributed by atoms with Crippen LogP contribution in [-0.2, 0) is 11.8 Å². The highest BCUT2D eigenvalue weighted by molar-refractivity contribution is 8.00. The zero-order valence-electron chi connectivity index (χ0n) is 15.4. The Hall–Kier alpha value is -2.94. The van der Waals surface area contributed by atoms with Crippen molar-refractivity contribution in [1.82, 2.24) is 14.8 Å². The lowest BCUT2D eigenvalue weighted by atomic mass is 10.2. The molecule has 0 aliphatic heterocycles. The lowest BCUT2D eigenvalue weighted by Gasteiger charge is -2.12. The first-order valence-electron chi connectivity index (χ1n) is 8.36. The van der Waals surface area contributed by atoms with E-state index in [9.17, 15) is 13.6 Å². The Kier molecular flexibility index (Phi) is 5.93. The first kappa shape index (κ1) is 19.8. The molecule has 9 heteroatoms. The topological polar surface area (TPSA) is 69.0 Å². The number of carbonyl (C=O) groups excluding carboxylic acids is 1. The zero-order chi connectivity index (χ0) is 20.3. The summed E-state index contributed by atoms with van der Waals surface area (Å²) >= 11 is 1.20. The quantitative estimate of drug-likeness (QED) is 0.632. The zero-order valence-corrected chi connectivity index (χ0v) is 16.3. The van der Waals surface area contributed by atoms with Crippen LogP contribution < -0.4 is 10.1 Å². The van der Waals surface area contributed by atoms with Gasteiger partial charge in [-0.05, 0) is 31.2 Å². The number of thioether (sulfide) groups is 1. The van der Waals surface area contributed by atoms with Crippen molar-refractivity contribution >= 4 is 23.4 Å². The van der Waals surface area contributed by atoms with Crippen LogP contribution in [0.2, 0.25) is 0 Å². The summed E-state index contributed by atoms with van der Waals surface area (Å²) in [6.07, 6.45) is 0. The maximum atomic E-state index is 13.3. The molecular formula is C19H18F2N4O2S. The van der Waals surface area contributed by atoms with E-state index in [-0.39, 0.29) is 11.6 Å². The number of hydrogen-bond donors (Lipinski definition) is 1. The minimum atomic E-state index is -1.02. The van der Waals surface area contributed by atoms with Crippen LogP contribution in [0, 0.1) is 11.6 Å². The van der Waals surface area contributed by atoms with E-state index in [1.807, 2.05) is 24.3 Å². The number of anilines is 1. The van der Waals surface area contributed by atoms with Crippen LogP contribution >= 0.6 is 11.8 Å². The van der Waals surface area contributed by atoms with E-state index in [0.29, 0.717) is 16.7 Å². The van der Waals surface area contributed by atoms with Crippen molar-refractivity contribution in [3.63, 3.8) is 0 Å². The third-order valence-corrected chi connectivity index (χ3v) is 5.16. The molecule has 1 heterocycles. The molecule has 0 radical (unpaired) electrons. The van der Waals surface area contributed by atoms with Gasteiger partial charge < -0.3 is 14.6 Å². The van der Waals surface area contributed by atoms with Crippen molar-refractivity contribution in [2.24, 2.45) is 7.05 Å². The second-order valence-electron chi connectivity index (χ2n) is 5.94. The SMILES string of the molecule is COc1ccccc1-c1nnc(S[C@@H](C)C(=O)Nc2ccc(F)c(F)c2)n1C. The van der Waals surface area contributed by atoms with Crippen LogP contribution in [0.3, 0.4) is 0 Å². The van der Waals surface area contributed by atoms with Crippen molar-refractivity contribution in [3.05, 3.63) is 54.1 Å². The molecule has 0 spiro atoms. The van der Waals surface area contributed by atoms with E-state index in [1.165, 1.54) is 17.8 Å². The number of amides is 1. The Morgan fingerprint density at radius 3 is 2.64 bits per heavy atom. The molecule has 1 aromatic heterocycles. The van der Waals surface area contributed by atoms with Crippen LogP contribution in [0.15, 0.2) is 47.6 Å². The third-order valence-electron chi connectivity index (χ3n) is 4.02. The van der Waals surface area contributed by atoms with Gasteiger partial charge in [0.1, 0.15) is 5.75 Å². The fourth-order valence-corrected chi connectivity index (χ4v) is 3.33. The van der Waals surface area contributed by atoms with Gasteiger partial charge in [0.25, 0.3) is 0 Å². The predicted octanol–water partition coefficient (Wildman–Crippen LogP) is 3.89. The van der Waals surface area contributed by atoms with Crippen molar-refractivity contribution in [2.75, 3.05) is 12.4 Å². The summed E-state index contributed by atoms with van der Waals surface area (Å²) in [5, 5.41) is 10.9. The molecule has 0 bridgehead atoms. The maximum Gasteiger partial charge on any atom is 0.237 e. The molecule has 3 rings (SSSR count). The van der Waals surface area contributed by atoms with Crippen molar-refractivity contribution in [3.8, 4) is 17.1 Å². The summed E-state index contributed by atoms with van der Waals surface area (Å²) in [6.45, 7) is 1.69. The molecule has 3 aromatic rings. The van der Waals surface area contributed by atoms with E-state index >= 15 is 0 Å². The Morgan fingerprint density at radius 2 is 1.93 bits per heavy atom. The summed E-state index contributed by atoms with van der Waals surface area (Å²) in [5.41, 5.74) is 0.967. The van der Waals surface area contributed by atoms with Gasteiger partial charge in [-0.2, -0.15) is 0 Å². The highest BCUT2D eigenvalue weighted by Crippen LogP contribution is 2.31. The molecule has 6 nitrogen and oxygen atoms in total. The fourth-order valence-electron chi connectivity index (χ4n) is 2.51. The lowest BCUT2D eigenvalue weighted by molar-refractivity contribution is -0.115. The number of benzene rings is 2. The molecule has 0 aliphatic rings. The van der Waals surface area contributed by atoms with Crippen molar-refractivity contribution in [2.45, 2.75) is 17.3 Å². The summed E-state index contributed by atoms with van der Waals surface area (Å²) in [6, 6.07) is 10.6. The predicted molar refractivity (Wildman–Crippen MR) is 103 cm³/mol. The molecule has 0 aliphatic carbocycles. The number of methoxy groups -OCH3 is 1. The standard InChI is InChI=1S/C19H18F2N4O2S/c1-11(18(26)22-12-8-9-14(20)15(21)10-12)28-19-24-23-17(25(19)2)13-6-4-5-7-16(13)27-3/h4-11H,1-3H3,(H,22,26)/t11-/m0/s1. The van der Waals surface area contributed by atoms with Crippen LogP contribution in [0.1, 0.15) is 6.92 Å². The number of halogens is 2. The largest absolute Gasteiger partial charge is 0.496 e. The molecule has 1 N–H and O–H groups in total. The molecular weight excluding hydrogens is 386 g/mol. The molecule has 146 valence electrons. The average molecular weight is 404 g/mol. The normalized spacial score (nSPS) is 11.9. The molecule has 1 atom stereocenters. The van der Waals surface area contributed by atoms with E-state index < -0.39 is 16.9 Å². The summed E-state index contributed by atoms with van der Waals surface area (Å²) in [4.78, 5) is 12.4. The summed E-state index contributed by atoms with van der Waals surface area (Å²) in [5.74, 6) is -1.08. The van der Waals surface area contributed by atoms with Crippen LogP contribution in [0.4, 0.5) is 14.5 Å². The average Bonchev–Trinajstić information content (AvgIpc) is 3.04. The highest BCUT2D eigenvalue weighted by Gasteiger charge is 2.21. The second-order valence-corrected chi connectivity index (χ2v) is 7.25.